The van der Waals surface area contributed by atoms with E-state index in [1.54, 1.807) is 0 Å². The van der Waals surface area contributed by atoms with Crippen LogP contribution < -0.4 is 10.5 Å². The first-order valence-corrected chi connectivity index (χ1v) is 6.42. The Labute approximate surface area is 117 Å². The summed E-state index contributed by atoms with van der Waals surface area (Å²) in [6.45, 7) is 0.404. The smallest absolute Gasteiger partial charge is 0.136 e. The minimum Gasteiger partial charge on any atom is -0.484 e. The van der Waals surface area contributed by atoms with Crippen LogP contribution in [0.2, 0.25) is 5.02 Å². The zero-order chi connectivity index (χ0) is 13.7. The molecule has 0 aromatic heterocycles. The molecule has 0 amide bonds. The first-order chi connectivity index (χ1) is 9.22. The van der Waals surface area contributed by atoms with Gasteiger partial charge in [-0.3, -0.25) is 0 Å². The summed E-state index contributed by atoms with van der Waals surface area (Å²) in [7, 11) is 0. The molecule has 0 heterocycles. The molecule has 4 heteroatoms. The highest BCUT2D eigenvalue weighted by Gasteiger charge is 2.11. The monoisotopic (exact) mass is 277 g/mol. The van der Waals surface area contributed by atoms with Crippen molar-refractivity contribution in [1.82, 2.24) is 0 Å². The van der Waals surface area contributed by atoms with Crippen molar-refractivity contribution in [2.24, 2.45) is 5.73 Å². The second kappa shape index (κ2) is 6.57. The van der Waals surface area contributed by atoms with Crippen LogP contribution in [-0.4, -0.2) is 11.7 Å². The Kier molecular flexibility index (Phi) is 4.80. The molecule has 0 bridgehead atoms. The van der Waals surface area contributed by atoms with E-state index in [4.69, 9.17) is 27.2 Å². The molecule has 2 rings (SSSR count). The van der Waals surface area contributed by atoms with Crippen molar-refractivity contribution in [3.63, 3.8) is 0 Å². The minimum atomic E-state index is -0.211. The largest absolute Gasteiger partial charge is 0.484 e. The Morgan fingerprint density at radius 2 is 1.68 bits per heavy atom. The number of hydrogen-bond acceptors (Lipinski definition) is 3. The summed E-state index contributed by atoms with van der Waals surface area (Å²) in [6, 6.07) is 14.7. The topological polar surface area (TPSA) is 55.5 Å². The van der Waals surface area contributed by atoms with Crippen LogP contribution in [0.3, 0.4) is 0 Å². The van der Waals surface area contributed by atoms with Gasteiger partial charge < -0.3 is 15.6 Å². The summed E-state index contributed by atoms with van der Waals surface area (Å²) in [5.41, 5.74) is 7.58. The lowest BCUT2D eigenvalue weighted by Gasteiger charge is -2.18. The van der Waals surface area contributed by atoms with Gasteiger partial charge in [-0.25, -0.2) is 0 Å². The quantitative estimate of drug-likeness (QED) is 0.883. The molecule has 0 aliphatic carbocycles. The third-order valence-electron chi connectivity index (χ3n) is 2.84. The molecule has 0 radical (unpaired) electrons. The van der Waals surface area contributed by atoms with Crippen molar-refractivity contribution in [2.45, 2.75) is 12.7 Å². The van der Waals surface area contributed by atoms with Gasteiger partial charge in [0.15, 0.2) is 0 Å². The Bertz CT molecular complexity index is 511. The third-order valence-corrected chi connectivity index (χ3v) is 3.09. The highest BCUT2D eigenvalue weighted by molar-refractivity contribution is 6.30. The van der Waals surface area contributed by atoms with Gasteiger partial charge in [-0.05, 0) is 35.4 Å². The highest BCUT2D eigenvalue weighted by atomic mass is 35.5. The van der Waals surface area contributed by atoms with Crippen molar-refractivity contribution in [2.75, 3.05) is 6.54 Å². The van der Waals surface area contributed by atoms with Crippen LogP contribution in [0.5, 0.6) is 5.75 Å². The van der Waals surface area contributed by atoms with E-state index in [2.05, 4.69) is 0 Å². The van der Waals surface area contributed by atoms with Crippen LogP contribution in [0, 0.1) is 0 Å². The fourth-order valence-electron chi connectivity index (χ4n) is 1.77. The minimum absolute atomic E-state index is 0.0256. The number of aliphatic hydroxyl groups is 1. The number of benzene rings is 2. The fraction of sp³-hybridized carbons (Fsp3) is 0.200. The van der Waals surface area contributed by atoms with E-state index in [1.807, 2.05) is 48.5 Å². The standard InChI is InChI=1S/C15H16ClNO2/c16-13-5-3-12(4-6-13)15(9-17)19-14-7-1-11(10-18)2-8-14/h1-8,15,18H,9-10,17H2. The van der Waals surface area contributed by atoms with Crippen molar-refractivity contribution in [1.29, 1.82) is 0 Å². The summed E-state index contributed by atoms with van der Waals surface area (Å²) in [4.78, 5) is 0. The van der Waals surface area contributed by atoms with E-state index in [9.17, 15) is 0 Å². The molecule has 1 unspecified atom stereocenters. The lowest BCUT2D eigenvalue weighted by atomic mass is 10.1. The van der Waals surface area contributed by atoms with Crippen LogP contribution in [0.15, 0.2) is 48.5 Å². The van der Waals surface area contributed by atoms with Crippen LogP contribution in [0.4, 0.5) is 0 Å². The average molecular weight is 278 g/mol. The molecule has 0 fully saturated rings. The summed E-state index contributed by atoms with van der Waals surface area (Å²) < 4.78 is 5.84. The van der Waals surface area contributed by atoms with Gasteiger partial charge in [0.1, 0.15) is 11.9 Å². The van der Waals surface area contributed by atoms with E-state index in [0.29, 0.717) is 11.6 Å². The number of hydrogen-bond donors (Lipinski definition) is 2. The third kappa shape index (κ3) is 3.70. The SMILES string of the molecule is NCC(Oc1ccc(CO)cc1)c1ccc(Cl)cc1. The maximum atomic E-state index is 8.99. The molecule has 100 valence electrons. The first kappa shape index (κ1) is 13.9. The average Bonchev–Trinajstić information content (AvgIpc) is 2.46. The van der Waals surface area contributed by atoms with Crippen LogP contribution in [-0.2, 0) is 6.61 Å². The highest BCUT2D eigenvalue weighted by Crippen LogP contribution is 2.23. The van der Waals surface area contributed by atoms with E-state index >= 15 is 0 Å². The molecule has 2 aromatic rings. The van der Waals surface area contributed by atoms with Gasteiger partial charge >= 0.3 is 0 Å². The summed E-state index contributed by atoms with van der Waals surface area (Å²) in [5, 5.41) is 9.67. The van der Waals surface area contributed by atoms with Crippen molar-refractivity contribution in [3.05, 3.63) is 64.7 Å². The van der Waals surface area contributed by atoms with Crippen LogP contribution in [0.25, 0.3) is 0 Å². The first-order valence-electron chi connectivity index (χ1n) is 6.05. The molecule has 2 aromatic carbocycles. The summed E-state index contributed by atoms with van der Waals surface area (Å²) >= 11 is 5.86. The van der Waals surface area contributed by atoms with E-state index in [-0.39, 0.29) is 12.7 Å². The molecule has 3 nitrogen and oxygen atoms in total. The van der Waals surface area contributed by atoms with E-state index in [1.165, 1.54) is 0 Å². The molecule has 1 atom stereocenters. The van der Waals surface area contributed by atoms with Crippen LogP contribution >= 0.6 is 11.6 Å². The molecule has 3 N–H and O–H groups in total. The number of nitrogens with two attached hydrogens (primary N) is 1. The van der Waals surface area contributed by atoms with Gasteiger partial charge in [0.25, 0.3) is 0 Å². The molecule has 0 saturated carbocycles. The lowest BCUT2D eigenvalue weighted by Crippen LogP contribution is -2.18. The molecular formula is C15H16ClNO2. The zero-order valence-corrected chi connectivity index (χ0v) is 11.2. The molecule has 0 aliphatic heterocycles. The van der Waals surface area contributed by atoms with Crippen molar-refractivity contribution < 1.29 is 9.84 Å². The number of ether oxygens (including phenoxy) is 1. The Hall–Kier alpha value is -1.55. The van der Waals surface area contributed by atoms with Gasteiger partial charge in [-0.2, -0.15) is 0 Å². The molecule has 0 spiro atoms. The number of rotatable bonds is 5. The molecular weight excluding hydrogens is 262 g/mol. The lowest BCUT2D eigenvalue weighted by molar-refractivity contribution is 0.214. The fourth-order valence-corrected chi connectivity index (χ4v) is 1.89. The second-order valence-corrected chi connectivity index (χ2v) is 4.63. The Morgan fingerprint density at radius 1 is 1.05 bits per heavy atom. The van der Waals surface area contributed by atoms with Gasteiger partial charge in [0.2, 0.25) is 0 Å². The zero-order valence-electron chi connectivity index (χ0n) is 10.4. The predicted octanol–water partition coefficient (Wildman–Crippen LogP) is 2.91. The van der Waals surface area contributed by atoms with Crippen molar-refractivity contribution >= 4 is 11.6 Å². The predicted molar refractivity (Wildman–Crippen MR) is 76.2 cm³/mol. The maximum Gasteiger partial charge on any atom is 0.136 e. The summed E-state index contributed by atoms with van der Waals surface area (Å²) in [5.74, 6) is 0.725. The van der Waals surface area contributed by atoms with E-state index in [0.717, 1.165) is 16.9 Å². The van der Waals surface area contributed by atoms with Gasteiger partial charge in [0.05, 0.1) is 6.61 Å². The Morgan fingerprint density at radius 3 is 2.21 bits per heavy atom. The molecule has 0 aliphatic rings. The Balaban J connectivity index is 2.11. The van der Waals surface area contributed by atoms with E-state index < -0.39 is 0 Å². The number of halogens is 1. The molecule has 0 saturated heterocycles. The second-order valence-electron chi connectivity index (χ2n) is 4.20. The summed E-state index contributed by atoms with van der Waals surface area (Å²) in [6.07, 6.45) is -0.211. The van der Waals surface area contributed by atoms with Gasteiger partial charge in [-0.15, -0.1) is 0 Å². The maximum absolute atomic E-state index is 8.99. The van der Waals surface area contributed by atoms with Gasteiger partial charge in [-0.1, -0.05) is 35.9 Å². The van der Waals surface area contributed by atoms with Crippen LogP contribution in [0.1, 0.15) is 17.2 Å². The molecule has 19 heavy (non-hydrogen) atoms. The normalized spacial score (nSPS) is 12.2. The van der Waals surface area contributed by atoms with Gasteiger partial charge in [0, 0.05) is 11.6 Å². The van der Waals surface area contributed by atoms with Crippen molar-refractivity contribution in [3.8, 4) is 5.75 Å². The number of aliphatic hydroxyl groups excluding tert-OH is 1.